The average Bonchev–Trinajstić information content (AvgIpc) is 3.56. The smallest absolute Gasteiger partial charge is 0.306 e. The quantitative estimate of drug-likeness (QED) is 0.0195. The first-order valence-corrected chi connectivity index (χ1v) is 36.7. The van der Waals surface area contributed by atoms with E-state index >= 15 is 0 Å². The summed E-state index contributed by atoms with van der Waals surface area (Å²) in [6, 6.07) is 0. The van der Waals surface area contributed by atoms with Crippen LogP contribution in [-0.2, 0) is 33.3 Å². The van der Waals surface area contributed by atoms with Gasteiger partial charge in [-0.1, -0.05) is 317 Å². The van der Waals surface area contributed by atoms with Gasteiger partial charge in [0.05, 0.1) is 40.3 Å². The van der Waals surface area contributed by atoms with Gasteiger partial charge in [-0.3, -0.25) is 9.59 Å². The fraction of sp³-hybridized carbons (Fsp3) is 0.782. The second-order valence-electron chi connectivity index (χ2n) is 25.9. The fourth-order valence-corrected chi connectivity index (χ4v) is 10.5. The van der Waals surface area contributed by atoms with Gasteiger partial charge in [-0.15, -0.1) is 0 Å². The summed E-state index contributed by atoms with van der Waals surface area (Å²) in [5.41, 5.74) is 0. The molecule has 0 spiro atoms. The van der Waals surface area contributed by atoms with E-state index in [4.69, 9.17) is 18.9 Å². The molecule has 2 atom stereocenters. The number of ether oxygens (including phenoxy) is 4. The Labute approximate surface area is 538 Å². The molecular formula is C78H139NO8. The Kier molecular flexibility index (Phi) is 65.6. The van der Waals surface area contributed by atoms with Crippen molar-refractivity contribution in [3.8, 4) is 0 Å². The molecule has 0 aliphatic carbocycles. The zero-order valence-corrected chi connectivity index (χ0v) is 57.6. The molecule has 0 aromatic heterocycles. The molecule has 0 aliphatic rings. The number of hydrogen-bond acceptors (Lipinski definition) is 8. The molecule has 0 rings (SSSR count). The van der Waals surface area contributed by atoms with Gasteiger partial charge in [0.1, 0.15) is 13.2 Å². The molecule has 0 saturated carbocycles. The normalized spacial score (nSPS) is 13.2. The summed E-state index contributed by atoms with van der Waals surface area (Å²) in [7, 11) is 5.94. The maximum Gasteiger partial charge on any atom is 0.306 e. The van der Waals surface area contributed by atoms with Crippen molar-refractivity contribution in [2.75, 3.05) is 47.5 Å². The van der Waals surface area contributed by atoms with Crippen LogP contribution < -0.4 is 5.11 Å². The zero-order valence-electron chi connectivity index (χ0n) is 57.6. The molecule has 0 saturated heterocycles. The van der Waals surface area contributed by atoms with Crippen molar-refractivity contribution in [3.63, 3.8) is 0 Å². The second-order valence-corrected chi connectivity index (χ2v) is 25.9. The van der Waals surface area contributed by atoms with E-state index in [-0.39, 0.29) is 38.6 Å². The minimum Gasteiger partial charge on any atom is -0.545 e. The molecule has 0 aromatic carbocycles. The molecule has 87 heavy (non-hydrogen) atoms. The first kappa shape index (κ1) is 83.5. The number of carbonyl (C=O) groups excluding carboxylic acids is 3. The van der Waals surface area contributed by atoms with Crippen LogP contribution in [0.4, 0.5) is 0 Å². The standard InChI is InChI=1S/C78H139NO8/c1-6-8-10-12-14-16-18-20-22-24-26-28-30-32-34-35-36-37-38-39-40-41-43-45-47-49-51-53-55-57-59-61-63-65-67-69-76(81)87-74(73-86-78(77(82)83)84-71-70-79(3,4)5)72-85-75(80)68-66-64-62-60-58-56-54-52-50-48-46-44-42-33-31-29-27-25-23-21-19-17-15-13-11-9-7-2/h8,10,14,16,19-22,25-28,31,33,74,78H,6-7,9,11-13,15,17-18,23-24,29-30,32,34-73H2,1-5H3/b10-8-,16-14-,21-19-,22-20-,27-25-,28-26-,33-31-. The predicted octanol–water partition coefficient (Wildman–Crippen LogP) is 21.7. The van der Waals surface area contributed by atoms with Gasteiger partial charge >= 0.3 is 11.9 Å². The van der Waals surface area contributed by atoms with Crippen molar-refractivity contribution in [3.05, 3.63) is 85.1 Å². The van der Waals surface area contributed by atoms with E-state index in [1.54, 1.807) is 0 Å². The number of allylic oxidation sites excluding steroid dienone is 14. The molecule has 0 amide bonds. The van der Waals surface area contributed by atoms with Crippen LogP contribution >= 0.6 is 0 Å². The average molecular weight is 1220 g/mol. The summed E-state index contributed by atoms with van der Waals surface area (Å²) in [4.78, 5) is 37.5. The summed E-state index contributed by atoms with van der Waals surface area (Å²) in [5.74, 6) is -2.27. The highest BCUT2D eigenvalue weighted by molar-refractivity contribution is 5.70. The molecule has 0 bridgehead atoms. The van der Waals surface area contributed by atoms with Crippen molar-refractivity contribution < 1.29 is 42.9 Å². The number of quaternary nitrogens is 1. The van der Waals surface area contributed by atoms with Crippen LogP contribution in [0.15, 0.2) is 85.1 Å². The highest BCUT2D eigenvalue weighted by atomic mass is 16.7. The summed E-state index contributed by atoms with van der Waals surface area (Å²) >= 11 is 0. The summed E-state index contributed by atoms with van der Waals surface area (Å²) in [6.45, 7) is 4.67. The SMILES string of the molecule is CC/C=C\C/C=C\C/C=C\C/C=C\CCCCCCCCCCCCCCCCCCCCCCCCC(=O)OC(COC(=O)CCCCCCCCCCCCCC/C=C\C/C=C\C/C=C\CCCCCCC)COC(OCC[N+](C)(C)C)C(=O)[O-]. The molecule has 0 N–H and O–H groups in total. The summed E-state index contributed by atoms with van der Waals surface area (Å²) < 4.78 is 22.8. The number of esters is 2. The number of carboxylic acid groups (broad SMARTS) is 1. The minimum absolute atomic E-state index is 0.147. The number of hydrogen-bond donors (Lipinski definition) is 0. The van der Waals surface area contributed by atoms with Crippen molar-refractivity contribution in [1.29, 1.82) is 0 Å². The lowest BCUT2D eigenvalue weighted by atomic mass is 10.0. The topological polar surface area (TPSA) is 111 Å². The summed E-state index contributed by atoms with van der Waals surface area (Å²) in [5, 5.41) is 11.8. The molecular weight excluding hydrogens is 1080 g/mol. The Morgan fingerprint density at radius 3 is 0.977 bits per heavy atom. The van der Waals surface area contributed by atoms with Crippen molar-refractivity contribution >= 4 is 17.9 Å². The monoisotopic (exact) mass is 1220 g/mol. The number of likely N-dealkylation sites (N-methyl/N-ethyl adjacent to an activating group) is 1. The number of rotatable bonds is 68. The Morgan fingerprint density at radius 2 is 0.655 bits per heavy atom. The Balaban J connectivity index is 4.05. The second kappa shape index (κ2) is 68.4. The van der Waals surface area contributed by atoms with Crippen LogP contribution in [0.3, 0.4) is 0 Å². The van der Waals surface area contributed by atoms with Gasteiger partial charge in [0, 0.05) is 12.8 Å². The number of carbonyl (C=O) groups is 3. The number of carboxylic acids is 1. The van der Waals surface area contributed by atoms with Crippen LogP contribution in [-0.4, -0.2) is 82.3 Å². The predicted molar refractivity (Wildman–Crippen MR) is 371 cm³/mol. The molecule has 0 radical (unpaired) electrons. The van der Waals surface area contributed by atoms with E-state index in [2.05, 4.69) is 98.9 Å². The third-order valence-electron chi connectivity index (χ3n) is 16.1. The van der Waals surface area contributed by atoms with E-state index in [9.17, 15) is 19.5 Å². The van der Waals surface area contributed by atoms with Gasteiger partial charge in [0.15, 0.2) is 12.4 Å². The van der Waals surface area contributed by atoms with Gasteiger partial charge in [-0.25, -0.2) is 0 Å². The number of nitrogens with zero attached hydrogens (tertiary/aromatic N) is 1. The van der Waals surface area contributed by atoms with Crippen molar-refractivity contribution in [2.24, 2.45) is 0 Å². The highest BCUT2D eigenvalue weighted by Crippen LogP contribution is 2.18. The Morgan fingerprint density at radius 1 is 0.356 bits per heavy atom. The van der Waals surface area contributed by atoms with Gasteiger partial charge in [0.25, 0.3) is 0 Å². The molecule has 9 heteroatoms. The minimum atomic E-state index is -1.62. The largest absolute Gasteiger partial charge is 0.545 e. The van der Waals surface area contributed by atoms with E-state index < -0.39 is 24.3 Å². The number of unbranched alkanes of at least 4 members (excludes halogenated alkanes) is 39. The molecule has 9 nitrogen and oxygen atoms in total. The van der Waals surface area contributed by atoms with Crippen LogP contribution in [0.5, 0.6) is 0 Å². The lowest BCUT2D eigenvalue weighted by Crippen LogP contribution is -2.44. The van der Waals surface area contributed by atoms with E-state index in [1.807, 2.05) is 21.1 Å². The molecule has 0 aliphatic heterocycles. The van der Waals surface area contributed by atoms with Crippen molar-refractivity contribution in [1.82, 2.24) is 0 Å². The fourth-order valence-electron chi connectivity index (χ4n) is 10.5. The van der Waals surface area contributed by atoms with Crippen molar-refractivity contribution in [2.45, 2.75) is 347 Å². The first-order chi connectivity index (χ1) is 42.6. The molecule has 0 heterocycles. The highest BCUT2D eigenvalue weighted by Gasteiger charge is 2.22. The maximum atomic E-state index is 13.0. The van der Waals surface area contributed by atoms with Crippen LogP contribution in [0.25, 0.3) is 0 Å². The van der Waals surface area contributed by atoms with Gasteiger partial charge in [0.2, 0.25) is 0 Å². The van der Waals surface area contributed by atoms with Gasteiger partial charge in [-0.2, -0.15) is 0 Å². The van der Waals surface area contributed by atoms with Gasteiger partial charge < -0.3 is 33.3 Å². The number of aliphatic carboxylic acids is 1. The summed E-state index contributed by atoms with van der Waals surface area (Å²) in [6.07, 6.45) is 89.6. The van der Waals surface area contributed by atoms with E-state index in [0.29, 0.717) is 17.4 Å². The molecule has 0 fully saturated rings. The Bertz CT molecular complexity index is 1700. The third kappa shape index (κ3) is 69.8. The molecule has 2 unspecified atom stereocenters. The lowest BCUT2D eigenvalue weighted by Gasteiger charge is -2.26. The van der Waals surface area contributed by atoms with Crippen LogP contribution in [0.2, 0.25) is 0 Å². The van der Waals surface area contributed by atoms with Gasteiger partial charge in [-0.05, 0) is 89.9 Å². The third-order valence-corrected chi connectivity index (χ3v) is 16.1. The lowest BCUT2D eigenvalue weighted by molar-refractivity contribution is -0.870. The van der Waals surface area contributed by atoms with Crippen LogP contribution in [0.1, 0.15) is 335 Å². The first-order valence-electron chi connectivity index (χ1n) is 36.7. The van der Waals surface area contributed by atoms with E-state index in [1.165, 1.54) is 231 Å². The zero-order chi connectivity index (χ0) is 63.3. The Hall–Kier alpha value is -3.53. The molecule has 504 valence electrons. The molecule has 0 aromatic rings. The maximum absolute atomic E-state index is 13.0. The van der Waals surface area contributed by atoms with E-state index in [0.717, 1.165) is 70.6 Å². The van der Waals surface area contributed by atoms with Crippen LogP contribution in [0, 0.1) is 0 Å².